The molecule has 4 rings (SSSR count). The van der Waals surface area contributed by atoms with Crippen molar-refractivity contribution in [1.29, 1.82) is 0 Å². The van der Waals surface area contributed by atoms with Crippen molar-refractivity contribution in [2.24, 2.45) is 0 Å². The molecule has 0 bridgehead atoms. The highest BCUT2D eigenvalue weighted by Gasteiger charge is 2.34. The summed E-state index contributed by atoms with van der Waals surface area (Å²) in [6.07, 6.45) is 0.903. The van der Waals surface area contributed by atoms with Gasteiger partial charge >= 0.3 is 5.97 Å². The molecule has 9 heteroatoms. The van der Waals surface area contributed by atoms with E-state index in [0.717, 1.165) is 16.3 Å². The summed E-state index contributed by atoms with van der Waals surface area (Å²) >= 11 is 0.952. The fraction of sp³-hybridized carbons (Fsp3) is 0.238. The molecule has 4 nitrogen and oxygen atoms in total. The fourth-order valence-corrected chi connectivity index (χ4v) is 4.25. The molecule has 0 unspecified atom stereocenters. The number of rotatable bonds is 5. The van der Waals surface area contributed by atoms with Gasteiger partial charge in [0.25, 0.3) is 0 Å². The average Bonchev–Trinajstić information content (AvgIpc) is 3.55. The van der Waals surface area contributed by atoms with Gasteiger partial charge in [0.05, 0.1) is 15.9 Å². The van der Waals surface area contributed by atoms with Crippen LogP contribution in [0.25, 0.3) is 10.9 Å². The third kappa shape index (κ3) is 3.36. The van der Waals surface area contributed by atoms with Gasteiger partial charge in [-0.25, -0.2) is 22.4 Å². The van der Waals surface area contributed by atoms with Gasteiger partial charge in [0.1, 0.15) is 11.7 Å². The number of hydrogen-bond acceptors (Lipinski definition) is 4. The largest absolute Gasteiger partial charge is 0.459 e. The number of fused-ring (bicyclic) bond motifs is 1. The Hall–Kier alpha value is -2.81. The van der Waals surface area contributed by atoms with Crippen LogP contribution in [0.15, 0.2) is 45.0 Å². The number of hydrogen-bond donors (Lipinski definition) is 0. The summed E-state index contributed by atoms with van der Waals surface area (Å²) in [7, 11) is 0. The maximum atomic E-state index is 14.7. The van der Waals surface area contributed by atoms with E-state index in [4.69, 9.17) is 4.74 Å². The number of nitrogens with zero attached hydrogens (tertiary/aromatic N) is 1. The number of halogens is 4. The van der Waals surface area contributed by atoms with Crippen LogP contribution in [0, 0.1) is 23.3 Å². The van der Waals surface area contributed by atoms with E-state index in [1.165, 1.54) is 0 Å². The second-order valence-electron chi connectivity index (χ2n) is 6.75. The first-order valence-electron chi connectivity index (χ1n) is 9.21. The molecule has 1 aliphatic rings. The highest BCUT2D eigenvalue weighted by atomic mass is 32.2. The van der Waals surface area contributed by atoms with Gasteiger partial charge in [-0.2, -0.15) is 0 Å². The van der Waals surface area contributed by atoms with Crippen molar-refractivity contribution in [2.45, 2.75) is 42.3 Å². The molecule has 1 aromatic heterocycles. The van der Waals surface area contributed by atoms with Gasteiger partial charge in [0.2, 0.25) is 5.43 Å². The zero-order chi connectivity index (χ0) is 21.6. The van der Waals surface area contributed by atoms with Crippen LogP contribution in [-0.2, 0) is 11.3 Å². The monoisotopic (exact) mass is 437 g/mol. The Bertz CT molecular complexity index is 1220. The zero-order valence-electron chi connectivity index (χ0n) is 15.7. The number of esters is 1. The number of aromatic nitrogens is 1. The Morgan fingerprint density at radius 1 is 1.07 bits per heavy atom. The van der Waals surface area contributed by atoms with E-state index < -0.39 is 51.1 Å². The van der Waals surface area contributed by atoms with Gasteiger partial charge in [-0.15, -0.1) is 0 Å². The third-order valence-electron chi connectivity index (χ3n) is 4.70. The molecule has 1 aliphatic carbocycles. The van der Waals surface area contributed by atoms with Gasteiger partial charge in [0, 0.05) is 11.4 Å². The van der Waals surface area contributed by atoms with Crippen molar-refractivity contribution < 1.29 is 27.1 Å². The van der Waals surface area contributed by atoms with Crippen LogP contribution in [0.4, 0.5) is 17.6 Å². The minimum Gasteiger partial charge on any atom is -0.459 e. The van der Waals surface area contributed by atoms with Crippen LogP contribution >= 0.6 is 11.8 Å². The molecular weight excluding hydrogens is 422 g/mol. The lowest BCUT2D eigenvalue weighted by Gasteiger charge is -2.19. The van der Waals surface area contributed by atoms with Crippen molar-refractivity contribution in [3.8, 4) is 0 Å². The summed E-state index contributed by atoms with van der Waals surface area (Å²) in [5.41, 5.74) is -2.51. The summed E-state index contributed by atoms with van der Waals surface area (Å²) in [5.74, 6) is -8.67. The SMILES string of the molecule is CCn1c(Sc2ccccc2)c(C(=O)OC2CC2)c(=O)c2c(F)c(F)c(F)c(F)c21. The molecule has 30 heavy (non-hydrogen) atoms. The molecule has 156 valence electrons. The van der Waals surface area contributed by atoms with E-state index in [1.807, 2.05) is 0 Å². The molecule has 0 atom stereocenters. The molecular formula is C21H15F4NO3S. The smallest absolute Gasteiger partial charge is 0.345 e. The fourth-order valence-electron chi connectivity index (χ4n) is 3.12. The van der Waals surface area contributed by atoms with Crippen molar-refractivity contribution >= 4 is 28.6 Å². The Labute approximate surface area is 172 Å². The first-order chi connectivity index (χ1) is 14.3. The predicted molar refractivity (Wildman–Crippen MR) is 103 cm³/mol. The molecule has 0 amide bonds. The number of pyridine rings is 1. The van der Waals surface area contributed by atoms with E-state index in [-0.39, 0.29) is 17.7 Å². The van der Waals surface area contributed by atoms with Gasteiger partial charge in [-0.05, 0) is 31.9 Å². The van der Waals surface area contributed by atoms with E-state index >= 15 is 0 Å². The van der Waals surface area contributed by atoms with Crippen molar-refractivity contribution in [3.63, 3.8) is 0 Å². The minimum atomic E-state index is -2.11. The quantitative estimate of drug-likeness (QED) is 0.243. The zero-order valence-corrected chi connectivity index (χ0v) is 16.5. The van der Waals surface area contributed by atoms with Crippen LogP contribution in [0.2, 0.25) is 0 Å². The normalized spacial score (nSPS) is 13.6. The Morgan fingerprint density at radius 2 is 1.70 bits per heavy atom. The molecule has 0 aliphatic heterocycles. The first-order valence-corrected chi connectivity index (χ1v) is 10.0. The van der Waals surface area contributed by atoms with E-state index in [0.29, 0.717) is 17.7 Å². The lowest BCUT2D eigenvalue weighted by molar-refractivity contribution is 0.0465. The Morgan fingerprint density at radius 3 is 2.30 bits per heavy atom. The molecule has 0 saturated heterocycles. The van der Waals surface area contributed by atoms with E-state index in [1.54, 1.807) is 37.3 Å². The topological polar surface area (TPSA) is 48.3 Å². The second kappa shape index (κ2) is 7.79. The van der Waals surface area contributed by atoms with Crippen molar-refractivity contribution in [3.05, 3.63) is 69.4 Å². The van der Waals surface area contributed by atoms with Crippen LogP contribution in [0.3, 0.4) is 0 Å². The molecule has 2 aromatic carbocycles. The van der Waals surface area contributed by atoms with Gasteiger partial charge in [0.15, 0.2) is 23.3 Å². The molecule has 1 saturated carbocycles. The van der Waals surface area contributed by atoms with E-state index in [9.17, 15) is 27.2 Å². The van der Waals surface area contributed by atoms with E-state index in [2.05, 4.69) is 0 Å². The molecule has 1 fully saturated rings. The Balaban J connectivity index is 2.09. The van der Waals surface area contributed by atoms with Crippen LogP contribution in [0.5, 0.6) is 0 Å². The maximum Gasteiger partial charge on any atom is 0.345 e. The Kier molecular flexibility index (Phi) is 5.31. The highest BCUT2D eigenvalue weighted by molar-refractivity contribution is 7.99. The summed E-state index contributed by atoms with van der Waals surface area (Å²) in [4.78, 5) is 26.4. The second-order valence-corrected chi connectivity index (χ2v) is 7.82. The number of carbonyl (C=O) groups excluding carboxylic acids is 1. The lowest BCUT2D eigenvalue weighted by atomic mass is 10.1. The molecule has 0 radical (unpaired) electrons. The minimum absolute atomic E-state index is 0.0313. The van der Waals surface area contributed by atoms with Crippen LogP contribution in [-0.4, -0.2) is 16.6 Å². The van der Waals surface area contributed by atoms with Gasteiger partial charge < -0.3 is 9.30 Å². The molecule has 3 aromatic rings. The van der Waals surface area contributed by atoms with Crippen LogP contribution < -0.4 is 5.43 Å². The number of aryl methyl sites for hydroxylation is 1. The van der Waals surface area contributed by atoms with Crippen molar-refractivity contribution in [2.75, 3.05) is 0 Å². The first kappa shape index (κ1) is 20.5. The molecule has 0 spiro atoms. The predicted octanol–water partition coefficient (Wildman–Crippen LogP) is 5.05. The van der Waals surface area contributed by atoms with Crippen molar-refractivity contribution in [1.82, 2.24) is 4.57 Å². The molecule has 1 heterocycles. The standard InChI is InChI=1S/C21H15F4NO3S/c1-2-26-18-12(14(22)15(23)16(24)17(18)25)19(27)13(21(28)29-10-8-9-10)20(26)30-11-6-4-3-5-7-11/h3-7,10H,2,8-9H2,1H3. The summed E-state index contributed by atoms with van der Waals surface area (Å²) in [6, 6.07) is 8.58. The summed E-state index contributed by atoms with van der Waals surface area (Å²) in [6.45, 7) is 1.50. The molecule has 0 N–H and O–H groups in total. The number of benzene rings is 2. The number of carbonyl (C=O) groups is 1. The van der Waals surface area contributed by atoms with Gasteiger partial charge in [-0.3, -0.25) is 4.79 Å². The summed E-state index contributed by atoms with van der Waals surface area (Å²) < 4.78 is 63.4. The van der Waals surface area contributed by atoms with Gasteiger partial charge in [-0.1, -0.05) is 30.0 Å². The lowest BCUT2D eigenvalue weighted by Crippen LogP contribution is -2.26. The highest BCUT2D eigenvalue weighted by Crippen LogP contribution is 2.35. The maximum absolute atomic E-state index is 14.7. The van der Waals surface area contributed by atoms with Crippen LogP contribution in [0.1, 0.15) is 30.1 Å². The third-order valence-corrected chi connectivity index (χ3v) is 5.83. The average molecular weight is 437 g/mol. The number of ether oxygens (including phenoxy) is 1. The summed E-state index contributed by atoms with van der Waals surface area (Å²) in [5, 5.41) is -1.05.